The lowest BCUT2D eigenvalue weighted by Crippen LogP contribution is -1.93. The Morgan fingerprint density at radius 3 is 2.00 bits per heavy atom. The van der Waals surface area contributed by atoms with Gasteiger partial charge in [0, 0.05) is 24.2 Å². The predicted molar refractivity (Wildman–Crippen MR) is 70.7 cm³/mol. The summed E-state index contributed by atoms with van der Waals surface area (Å²) in [5, 5.41) is 0. The molecule has 2 aromatic heterocycles. The number of pyridine rings is 1. The molecular weight excluding hydrogens is 222 g/mol. The van der Waals surface area contributed by atoms with E-state index in [1.54, 1.807) is 18.6 Å². The first kappa shape index (κ1) is 10.6. The molecule has 0 bridgehead atoms. The summed E-state index contributed by atoms with van der Waals surface area (Å²) in [5.41, 5.74) is 3.55. The van der Waals surface area contributed by atoms with Crippen LogP contribution in [0.15, 0.2) is 67.1 Å². The molecule has 0 saturated carbocycles. The fourth-order valence-corrected chi connectivity index (χ4v) is 1.84. The van der Waals surface area contributed by atoms with Crippen molar-refractivity contribution in [3.8, 4) is 22.6 Å². The van der Waals surface area contributed by atoms with Gasteiger partial charge in [0.15, 0.2) is 0 Å². The maximum atomic E-state index is 4.42. The SMILES string of the molecule is c1ccc(-c2nccnc2-c2ccccn2)cc1. The van der Waals surface area contributed by atoms with Crippen LogP contribution in [0, 0.1) is 0 Å². The molecule has 3 rings (SSSR count). The van der Waals surface area contributed by atoms with E-state index in [0.717, 1.165) is 22.6 Å². The van der Waals surface area contributed by atoms with Crippen LogP contribution >= 0.6 is 0 Å². The Morgan fingerprint density at radius 1 is 0.556 bits per heavy atom. The van der Waals surface area contributed by atoms with E-state index in [1.165, 1.54) is 0 Å². The minimum atomic E-state index is 0.810. The molecule has 0 aliphatic heterocycles. The van der Waals surface area contributed by atoms with Gasteiger partial charge in [0.1, 0.15) is 5.69 Å². The monoisotopic (exact) mass is 233 g/mol. The highest BCUT2D eigenvalue weighted by atomic mass is 14.8. The molecule has 0 amide bonds. The molecule has 3 heteroatoms. The second-order valence-corrected chi connectivity index (χ2v) is 3.83. The lowest BCUT2D eigenvalue weighted by atomic mass is 10.1. The average molecular weight is 233 g/mol. The van der Waals surface area contributed by atoms with Gasteiger partial charge in [0.2, 0.25) is 0 Å². The summed E-state index contributed by atoms with van der Waals surface area (Å²) in [4.78, 5) is 13.2. The number of benzene rings is 1. The quantitative estimate of drug-likeness (QED) is 0.682. The summed E-state index contributed by atoms with van der Waals surface area (Å²) in [7, 11) is 0. The van der Waals surface area contributed by atoms with Gasteiger partial charge in [-0.1, -0.05) is 36.4 Å². The van der Waals surface area contributed by atoms with Gasteiger partial charge in [-0.05, 0) is 12.1 Å². The van der Waals surface area contributed by atoms with Crippen LogP contribution in [0.4, 0.5) is 0 Å². The fourth-order valence-electron chi connectivity index (χ4n) is 1.84. The zero-order valence-corrected chi connectivity index (χ0v) is 9.69. The summed E-state index contributed by atoms with van der Waals surface area (Å²) >= 11 is 0. The molecular formula is C15H11N3. The molecule has 0 atom stereocenters. The summed E-state index contributed by atoms with van der Waals surface area (Å²) < 4.78 is 0. The lowest BCUT2D eigenvalue weighted by Gasteiger charge is -2.06. The van der Waals surface area contributed by atoms with Crippen LogP contribution < -0.4 is 0 Å². The number of rotatable bonds is 2. The summed E-state index contributed by atoms with van der Waals surface area (Å²) in [6.07, 6.45) is 5.16. The third-order valence-corrected chi connectivity index (χ3v) is 2.65. The zero-order chi connectivity index (χ0) is 12.2. The van der Waals surface area contributed by atoms with Gasteiger partial charge in [-0.2, -0.15) is 0 Å². The lowest BCUT2D eigenvalue weighted by molar-refractivity contribution is 1.18. The number of nitrogens with zero attached hydrogens (tertiary/aromatic N) is 3. The van der Waals surface area contributed by atoms with Crippen LogP contribution in [0.2, 0.25) is 0 Å². The van der Waals surface area contributed by atoms with Crippen molar-refractivity contribution in [3.63, 3.8) is 0 Å². The molecule has 3 nitrogen and oxygen atoms in total. The fraction of sp³-hybridized carbons (Fsp3) is 0. The van der Waals surface area contributed by atoms with Crippen LogP contribution in [0.3, 0.4) is 0 Å². The van der Waals surface area contributed by atoms with Crippen molar-refractivity contribution >= 4 is 0 Å². The summed E-state index contributed by atoms with van der Waals surface area (Å²) in [6.45, 7) is 0. The summed E-state index contributed by atoms with van der Waals surface area (Å²) in [6, 6.07) is 15.8. The van der Waals surface area contributed by atoms with Crippen molar-refractivity contribution in [2.24, 2.45) is 0 Å². The van der Waals surface area contributed by atoms with Gasteiger partial charge in [-0.15, -0.1) is 0 Å². The second-order valence-electron chi connectivity index (χ2n) is 3.83. The summed E-state index contributed by atoms with van der Waals surface area (Å²) in [5.74, 6) is 0. The molecule has 0 aliphatic carbocycles. The van der Waals surface area contributed by atoms with E-state index in [0.29, 0.717) is 0 Å². The highest BCUT2D eigenvalue weighted by Gasteiger charge is 2.09. The average Bonchev–Trinajstić information content (AvgIpc) is 2.49. The topological polar surface area (TPSA) is 38.7 Å². The molecule has 0 fully saturated rings. The Morgan fingerprint density at radius 2 is 1.28 bits per heavy atom. The Hall–Kier alpha value is -2.55. The van der Waals surface area contributed by atoms with E-state index in [-0.39, 0.29) is 0 Å². The molecule has 0 radical (unpaired) electrons. The molecule has 86 valence electrons. The molecule has 0 N–H and O–H groups in total. The largest absolute Gasteiger partial charge is 0.255 e. The molecule has 3 aromatic rings. The predicted octanol–water partition coefficient (Wildman–Crippen LogP) is 3.21. The standard InChI is InChI=1S/C15H11N3/c1-2-6-12(7-3-1)14-15(18-11-10-17-14)13-8-4-5-9-16-13/h1-11H. The zero-order valence-electron chi connectivity index (χ0n) is 9.69. The normalized spacial score (nSPS) is 10.2. The molecule has 2 heterocycles. The van der Waals surface area contributed by atoms with E-state index in [1.807, 2.05) is 48.5 Å². The molecule has 0 aliphatic rings. The van der Waals surface area contributed by atoms with Crippen LogP contribution in [0.1, 0.15) is 0 Å². The Kier molecular flexibility index (Phi) is 2.80. The number of aromatic nitrogens is 3. The van der Waals surface area contributed by atoms with E-state index >= 15 is 0 Å². The first-order valence-electron chi connectivity index (χ1n) is 5.73. The van der Waals surface area contributed by atoms with Gasteiger partial charge in [-0.3, -0.25) is 15.0 Å². The van der Waals surface area contributed by atoms with E-state index in [9.17, 15) is 0 Å². The smallest absolute Gasteiger partial charge is 0.115 e. The van der Waals surface area contributed by atoms with Crippen molar-refractivity contribution in [1.29, 1.82) is 0 Å². The molecule has 0 unspecified atom stereocenters. The second kappa shape index (κ2) is 4.75. The van der Waals surface area contributed by atoms with E-state index in [2.05, 4.69) is 15.0 Å². The van der Waals surface area contributed by atoms with Crippen LogP contribution in [-0.4, -0.2) is 15.0 Å². The van der Waals surface area contributed by atoms with Gasteiger partial charge < -0.3 is 0 Å². The third kappa shape index (κ3) is 1.98. The maximum Gasteiger partial charge on any atom is 0.115 e. The van der Waals surface area contributed by atoms with Crippen molar-refractivity contribution in [3.05, 3.63) is 67.1 Å². The minimum absolute atomic E-state index is 0.810. The number of hydrogen-bond donors (Lipinski definition) is 0. The van der Waals surface area contributed by atoms with Crippen LogP contribution in [0.5, 0.6) is 0 Å². The van der Waals surface area contributed by atoms with Crippen LogP contribution in [0.25, 0.3) is 22.6 Å². The first-order valence-corrected chi connectivity index (χ1v) is 5.73. The van der Waals surface area contributed by atoms with Crippen molar-refractivity contribution < 1.29 is 0 Å². The highest BCUT2D eigenvalue weighted by molar-refractivity contribution is 5.75. The molecule has 1 aromatic carbocycles. The van der Waals surface area contributed by atoms with E-state index in [4.69, 9.17) is 0 Å². The Bertz CT molecular complexity index is 578. The molecule has 0 spiro atoms. The Labute approximate surface area is 105 Å². The van der Waals surface area contributed by atoms with Crippen molar-refractivity contribution in [2.45, 2.75) is 0 Å². The third-order valence-electron chi connectivity index (χ3n) is 2.65. The maximum absolute atomic E-state index is 4.42. The first-order chi connectivity index (χ1) is 8.95. The van der Waals surface area contributed by atoms with Crippen LogP contribution in [-0.2, 0) is 0 Å². The van der Waals surface area contributed by atoms with Gasteiger partial charge in [-0.25, -0.2) is 0 Å². The van der Waals surface area contributed by atoms with E-state index < -0.39 is 0 Å². The molecule has 0 saturated heterocycles. The number of hydrogen-bond acceptors (Lipinski definition) is 3. The van der Waals surface area contributed by atoms with Gasteiger partial charge in [0.25, 0.3) is 0 Å². The Balaban J connectivity index is 2.18. The minimum Gasteiger partial charge on any atom is -0.255 e. The van der Waals surface area contributed by atoms with Gasteiger partial charge in [0.05, 0.1) is 11.4 Å². The molecule has 18 heavy (non-hydrogen) atoms. The highest BCUT2D eigenvalue weighted by Crippen LogP contribution is 2.26. The van der Waals surface area contributed by atoms with Gasteiger partial charge >= 0.3 is 0 Å². The van der Waals surface area contributed by atoms with Crippen molar-refractivity contribution in [2.75, 3.05) is 0 Å². The van der Waals surface area contributed by atoms with Crippen molar-refractivity contribution in [1.82, 2.24) is 15.0 Å².